The number of carbonyl (C=O) groups is 1. The summed E-state index contributed by atoms with van der Waals surface area (Å²) in [5.74, 6) is -0.0175. The van der Waals surface area contributed by atoms with E-state index in [0.717, 1.165) is 15.4 Å². The van der Waals surface area contributed by atoms with Crippen molar-refractivity contribution in [2.45, 2.75) is 19.8 Å². The highest BCUT2D eigenvalue weighted by Gasteiger charge is 2.19. The van der Waals surface area contributed by atoms with Gasteiger partial charge in [0.25, 0.3) is 0 Å². The third-order valence-corrected chi connectivity index (χ3v) is 3.52. The second kappa shape index (κ2) is 4.58. The normalized spacial score (nSPS) is 12.4. The molecule has 82 valence electrons. The van der Waals surface area contributed by atoms with Crippen molar-refractivity contribution >= 4 is 17.1 Å². The summed E-state index contributed by atoms with van der Waals surface area (Å²) in [6.07, 6.45) is 1.72. The zero-order valence-corrected chi connectivity index (χ0v) is 10.1. The van der Waals surface area contributed by atoms with Gasteiger partial charge in [-0.15, -0.1) is 11.3 Å². The molecule has 0 aliphatic rings. The molecule has 0 spiro atoms. The van der Waals surface area contributed by atoms with Crippen molar-refractivity contribution in [2.24, 2.45) is 0 Å². The summed E-state index contributed by atoms with van der Waals surface area (Å²) in [4.78, 5) is 18.3. The Morgan fingerprint density at radius 2 is 2.12 bits per heavy atom. The van der Waals surface area contributed by atoms with E-state index in [-0.39, 0.29) is 11.7 Å². The SMILES string of the molecule is Cc1ccc(C(=O)C(C)c2ccccn2)s1. The quantitative estimate of drug-likeness (QED) is 0.757. The van der Waals surface area contributed by atoms with Crippen LogP contribution in [0.2, 0.25) is 0 Å². The van der Waals surface area contributed by atoms with Crippen LogP contribution in [-0.2, 0) is 0 Å². The molecular weight excluding hydrogens is 218 g/mol. The molecule has 0 radical (unpaired) electrons. The third-order valence-electron chi connectivity index (χ3n) is 2.51. The number of rotatable bonds is 3. The van der Waals surface area contributed by atoms with Gasteiger partial charge in [0.15, 0.2) is 5.78 Å². The second-order valence-electron chi connectivity index (χ2n) is 3.75. The van der Waals surface area contributed by atoms with Gasteiger partial charge in [0.1, 0.15) is 0 Å². The Balaban J connectivity index is 2.23. The van der Waals surface area contributed by atoms with E-state index < -0.39 is 0 Å². The number of ketones is 1. The molecule has 0 aliphatic carbocycles. The van der Waals surface area contributed by atoms with Gasteiger partial charge in [0.2, 0.25) is 0 Å². The summed E-state index contributed by atoms with van der Waals surface area (Å²) in [6, 6.07) is 9.52. The molecule has 0 amide bonds. The number of aryl methyl sites for hydroxylation is 1. The Hall–Kier alpha value is -1.48. The van der Waals surface area contributed by atoms with E-state index in [0.29, 0.717) is 0 Å². The van der Waals surface area contributed by atoms with Crippen molar-refractivity contribution in [1.82, 2.24) is 4.98 Å². The van der Waals surface area contributed by atoms with Crippen molar-refractivity contribution in [3.63, 3.8) is 0 Å². The molecule has 0 aliphatic heterocycles. The van der Waals surface area contributed by atoms with E-state index in [4.69, 9.17) is 0 Å². The number of thiophene rings is 1. The van der Waals surface area contributed by atoms with Gasteiger partial charge in [-0.2, -0.15) is 0 Å². The first-order valence-corrected chi connectivity index (χ1v) is 6.01. The van der Waals surface area contributed by atoms with E-state index in [1.54, 1.807) is 17.5 Å². The second-order valence-corrected chi connectivity index (χ2v) is 5.04. The molecule has 0 saturated heterocycles. The molecule has 2 heterocycles. The van der Waals surface area contributed by atoms with Gasteiger partial charge in [0.05, 0.1) is 16.5 Å². The van der Waals surface area contributed by atoms with Crippen LogP contribution in [0.25, 0.3) is 0 Å². The molecule has 2 nitrogen and oxygen atoms in total. The number of nitrogens with zero attached hydrogens (tertiary/aromatic N) is 1. The van der Waals surface area contributed by atoms with Gasteiger partial charge in [-0.25, -0.2) is 0 Å². The zero-order valence-electron chi connectivity index (χ0n) is 9.31. The molecule has 0 bridgehead atoms. The lowest BCUT2D eigenvalue weighted by atomic mass is 10.0. The highest BCUT2D eigenvalue weighted by molar-refractivity contribution is 7.14. The van der Waals surface area contributed by atoms with Crippen molar-refractivity contribution in [1.29, 1.82) is 0 Å². The summed E-state index contributed by atoms with van der Waals surface area (Å²) in [5.41, 5.74) is 0.832. The lowest BCUT2D eigenvalue weighted by molar-refractivity contribution is 0.0968. The molecule has 2 aromatic heterocycles. The van der Waals surface area contributed by atoms with Crippen LogP contribution < -0.4 is 0 Å². The number of hydrogen-bond donors (Lipinski definition) is 0. The van der Waals surface area contributed by atoms with Gasteiger partial charge in [-0.3, -0.25) is 9.78 Å². The van der Waals surface area contributed by atoms with E-state index in [1.807, 2.05) is 44.2 Å². The zero-order chi connectivity index (χ0) is 11.5. The van der Waals surface area contributed by atoms with E-state index in [1.165, 1.54) is 0 Å². The number of carbonyl (C=O) groups excluding carboxylic acids is 1. The van der Waals surface area contributed by atoms with Crippen molar-refractivity contribution in [3.8, 4) is 0 Å². The monoisotopic (exact) mass is 231 g/mol. The minimum Gasteiger partial charge on any atom is -0.293 e. The van der Waals surface area contributed by atoms with Crippen LogP contribution in [0.1, 0.15) is 33.1 Å². The van der Waals surface area contributed by atoms with Crippen LogP contribution >= 0.6 is 11.3 Å². The van der Waals surface area contributed by atoms with Crippen molar-refractivity contribution in [3.05, 3.63) is 52.0 Å². The first kappa shape index (κ1) is 11.0. The number of aromatic nitrogens is 1. The molecule has 3 heteroatoms. The van der Waals surface area contributed by atoms with Gasteiger partial charge in [-0.05, 0) is 38.1 Å². The summed E-state index contributed by atoms with van der Waals surface area (Å²) in [7, 11) is 0. The first-order valence-electron chi connectivity index (χ1n) is 5.20. The smallest absolute Gasteiger partial charge is 0.181 e. The Morgan fingerprint density at radius 1 is 1.31 bits per heavy atom. The predicted octanol–water partition coefficient (Wildman–Crippen LogP) is 3.44. The minimum atomic E-state index is -0.167. The maximum atomic E-state index is 12.1. The van der Waals surface area contributed by atoms with E-state index >= 15 is 0 Å². The summed E-state index contributed by atoms with van der Waals surface area (Å²) >= 11 is 1.54. The molecule has 0 N–H and O–H groups in total. The molecule has 2 aromatic rings. The van der Waals surface area contributed by atoms with Crippen molar-refractivity contribution < 1.29 is 4.79 Å². The molecule has 2 rings (SSSR count). The Bertz CT molecular complexity index is 490. The molecule has 1 atom stereocenters. The van der Waals surface area contributed by atoms with Gasteiger partial charge < -0.3 is 0 Å². The van der Waals surface area contributed by atoms with E-state index in [2.05, 4.69) is 4.98 Å². The largest absolute Gasteiger partial charge is 0.293 e. The molecule has 0 fully saturated rings. The summed E-state index contributed by atoms with van der Waals surface area (Å²) < 4.78 is 0. The highest BCUT2D eigenvalue weighted by atomic mass is 32.1. The minimum absolute atomic E-state index is 0.150. The predicted molar refractivity (Wildman–Crippen MR) is 66.0 cm³/mol. The molecule has 1 unspecified atom stereocenters. The topological polar surface area (TPSA) is 30.0 Å². The fraction of sp³-hybridized carbons (Fsp3) is 0.231. The highest BCUT2D eigenvalue weighted by Crippen LogP contribution is 2.23. The molecule has 0 aromatic carbocycles. The Labute approximate surface area is 99.0 Å². The van der Waals surface area contributed by atoms with Crippen LogP contribution in [0.3, 0.4) is 0 Å². The van der Waals surface area contributed by atoms with Gasteiger partial charge in [-0.1, -0.05) is 6.07 Å². The third kappa shape index (κ3) is 2.19. The molecular formula is C13H13NOS. The summed E-state index contributed by atoms with van der Waals surface area (Å²) in [5, 5.41) is 0. The van der Waals surface area contributed by atoms with Gasteiger partial charge in [0, 0.05) is 11.1 Å². The summed E-state index contributed by atoms with van der Waals surface area (Å²) in [6.45, 7) is 3.91. The lowest BCUT2D eigenvalue weighted by Gasteiger charge is -2.07. The van der Waals surface area contributed by atoms with Crippen LogP contribution in [0.4, 0.5) is 0 Å². The Morgan fingerprint density at radius 3 is 2.69 bits per heavy atom. The first-order chi connectivity index (χ1) is 7.68. The average molecular weight is 231 g/mol. The van der Waals surface area contributed by atoms with Crippen LogP contribution in [0, 0.1) is 6.92 Å². The van der Waals surface area contributed by atoms with Crippen LogP contribution in [0.15, 0.2) is 36.5 Å². The fourth-order valence-corrected chi connectivity index (χ4v) is 2.44. The Kier molecular flexibility index (Phi) is 3.15. The maximum absolute atomic E-state index is 12.1. The standard InChI is InChI=1S/C13H13NOS/c1-9-6-7-12(16-9)13(15)10(2)11-5-3-4-8-14-11/h3-8,10H,1-2H3. The van der Waals surface area contributed by atoms with Gasteiger partial charge >= 0.3 is 0 Å². The molecule has 0 saturated carbocycles. The number of pyridine rings is 1. The van der Waals surface area contributed by atoms with Crippen LogP contribution in [-0.4, -0.2) is 10.8 Å². The maximum Gasteiger partial charge on any atom is 0.181 e. The number of Topliss-reactive ketones (excluding diaryl/α,β-unsaturated/α-hetero) is 1. The average Bonchev–Trinajstić information content (AvgIpc) is 2.75. The lowest BCUT2D eigenvalue weighted by Crippen LogP contribution is -2.09. The molecule has 16 heavy (non-hydrogen) atoms. The van der Waals surface area contributed by atoms with E-state index in [9.17, 15) is 4.79 Å². The number of hydrogen-bond acceptors (Lipinski definition) is 3. The van der Waals surface area contributed by atoms with Crippen molar-refractivity contribution in [2.75, 3.05) is 0 Å². The fourth-order valence-electron chi connectivity index (χ4n) is 1.55. The van der Waals surface area contributed by atoms with Crippen LogP contribution in [0.5, 0.6) is 0 Å².